The zero-order valence-electron chi connectivity index (χ0n) is 6.62. The third kappa shape index (κ3) is 2.50. The first-order valence-electron chi connectivity index (χ1n) is 4.16. The molecule has 0 aromatic heterocycles. The third-order valence-corrected chi connectivity index (χ3v) is 2.35. The quantitative estimate of drug-likeness (QED) is 0.623. The largest absolute Gasteiger partial charge is 0.392 e. The fourth-order valence-electron chi connectivity index (χ4n) is 1.71. The van der Waals surface area contributed by atoms with Gasteiger partial charge in [-0.05, 0) is 18.8 Å². The lowest BCUT2D eigenvalue weighted by Crippen LogP contribution is -2.25. The van der Waals surface area contributed by atoms with Crippen molar-refractivity contribution in [1.29, 1.82) is 0 Å². The molecule has 0 spiro atoms. The summed E-state index contributed by atoms with van der Waals surface area (Å²) in [4.78, 5) is 10.4. The summed E-state index contributed by atoms with van der Waals surface area (Å²) in [6.45, 7) is 0. The van der Waals surface area contributed by atoms with Crippen LogP contribution in [0.3, 0.4) is 0 Å². The highest BCUT2D eigenvalue weighted by molar-refractivity contribution is 5.74. The molecule has 1 rings (SSSR count). The molecule has 1 fully saturated rings. The van der Waals surface area contributed by atoms with E-state index in [-0.39, 0.29) is 6.42 Å². The van der Waals surface area contributed by atoms with Crippen molar-refractivity contribution in [2.75, 3.05) is 0 Å². The van der Waals surface area contributed by atoms with Crippen molar-refractivity contribution in [3.05, 3.63) is 0 Å². The Bertz CT molecular complexity index is 141. The van der Waals surface area contributed by atoms with Gasteiger partial charge in [0.1, 0.15) is 0 Å². The molecule has 1 saturated carbocycles. The molecule has 1 amide bonds. The van der Waals surface area contributed by atoms with E-state index in [1.807, 2.05) is 0 Å². The number of aliphatic hydroxyl groups is 1. The fraction of sp³-hybridized carbons (Fsp3) is 0.875. The molecule has 1 aliphatic rings. The van der Waals surface area contributed by atoms with Crippen LogP contribution in [0, 0.1) is 5.92 Å². The van der Waals surface area contributed by atoms with Crippen molar-refractivity contribution in [2.24, 2.45) is 11.7 Å². The summed E-state index contributed by atoms with van der Waals surface area (Å²) in [5.74, 6) is -0.0769. The average molecular weight is 157 g/mol. The third-order valence-electron chi connectivity index (χ3n) is 2.35. The summed E-state index contributed by atoms with van der Waals surface area (Å²) in [6, 6.07) is 0. The van der Waals surface area contributed by atoms with Crippen LogP contribution in [0.4, 0.5) is 0 Å². The predicted octanol–water partition coefficient (Wildman–Crippen LogP) is 0.413. The zero-order chi connectivity index (χ0) is 8.27. The number of primary amides is 1. The second-order valence-corrected chi connectivity index (χ2v) is 3.28. The second-order valence-electron chi connectivity index (χ2n) is 3.28. The second kappa shape index (κ2) is 3.72. The average Bonchev–Trinajstić information content (AvgIpc) is 2.35. The topological polar surface area (TPSA) is 63.3 Å². The predicted molar refractivity (Wildman–Crippen MR) is 41.8 cm³/mol. The van der Waals surface area contributed by atoms with Gasteiger partial charge in [0, 0.05) is 0 Å². The van der Waals surface area contributed by atoms with Gasteiger partial charge in [0.2, 0.25) is 5.91 Å². The molecule has 0 unspecified atom stereocenters. The van der Waals surface area contributed by atoms with Crippen LogP contribution in [-0.4, -0.2) is 17.1 Å². The van der Waals surface area contributed by atoms with Crippen LogP contribution < -0.4 is 5.73 Å². The maximum Gasteiger partial charge on any atom is 0.220 e. The molecule has 0 bridgehead atoms. The van der Waals surface area contributed by atoms with Crippen molar-refractivity contribution in [1.82, 2.24) is 0 Å². The van der Waals surface area contributed by atoms with E-state index in [1.165, 1.54) is 12.8 Å². The number of aliphatic hydroxyl groups excluding tert-OH is 1. The lowest BCUT2D eigenvalue weighted by Gasteiger charge is -2.14. The van der Waals surface area contributed by atoms with Crippen LogP contribution in [0.25, 0.3) is 0 Å². The first-order chi connectivity index (χ1) is 5.20. The molecule has 0 aromatic carbocycles. The van der Waals surface area contributed by atoms with Crippen molar-refractivity contribution >= 4 is 5.91 Å². The number of carbonyl (C=O) groups is 1. The molecule has 0 radical (unpaired) electrons. The maximum absolute atomic E-state index is 10.4. The highest BCUT2D eigenvalue weighted by Gasteiger charge is 2.23. The van der Waals surface area contributed by atoms with E-state index in [1.54, 1.807) is 0 Å². The van der Waals surface area contributed by atoms with E-state index in [2.05, 4.69) is 0 Å². The Morgan fingerprint density at radius 1 is 1.55 bits per heavy atom. The molecule has 3 heteroatoms. The fourth-order valence-corrected chi connectivity index (χ4v) is 1.71. The minimum absolute atomic E-state index is 0.130. The summed E-state index contributed by atoms with van der Waals surface area (Å²) in [6.07, 6.45) is 4.10. The van der Waals surface area contributed by atoms with Crippen LogP contribution >= 0.6 is 0 Å². The van der Waals surface area contributed by atoms with Crippen LogP contribution in [-0.2, 0) is 4.79 Å². The summed E-state index contributed by atoms with van der Waals surface area (Å²) in [5.41, 5.74) is 4.96. The Kier molecular flexibility index (Phi) is 2.88. The SMILES string of the molecule is NC(=O)C[C@H](O)C1CCCC1. The van der Waals surface area contributed by atoms with Gasteiger partial charge in [-0.1, -0.05) is 12.8 Å². The maximum atomic E-state index is 10.4. The lowest BCUT2D eigenvalue weighted by molar-refractivity contribution is -0.120. The summed E-state index contributed by atoms with van der Waals surface area (Å²) in [7, 11) is 0. The smallest absolute Gasteiger partial charge is 0.220 e. The van der Waals surface area contributed by atoms with Crippen molar-refractivity contribution in [2.45, 2.75) is 38.2 Å². The Morgan fingerprint density at radius 2 is 2.09 bits per heavy atom. The lowest BCUT2D eigenvalue weighted by atomic mass is 9.98. The molecule has 1 aliphatic carbocycles. The van der Waals surface area contributed by atoms with Crippen molar-refractivity contribution in [3.63, 3.8) is 0 Å². The Labute approximate surface area is 66.6 Å². The van der Waals surface area contributed by atoms with E-state index < -0.39 is 12.0 Å². The Hall–Kier alpha value is -0.570. The molecular formula is C8H15NO2. The van der Waals surface area contributed by atoms with Crippen molar-refractivity contribution in [3.8, 4) is 0 Å². The van der Waals surface area contributed by atoms with E-state index in [0.29, 0.717) is 5.92 Å². The van der Waals surface area contributed by atoms with Gasteiger partial charge in [0.25, 0.3) is 0 Å². The number of hydrogen-bond acceptors (Lipinski definition) is 2. The standard InChI is InChI=1S/C8H15NO2/c9-8(11)5-7(10)6-3-1-2-4-6/h6-7,10H,1-5H2,(H2,9,11)/t7-/m0/s1. The van der Waals surface area contributed by atoms with Gasteiger partial charge in [-0.15, -0.1) is 0 Å². The van der Waals surface area contributed by atoms with E-state index >= 15 is 0 Å². The van der Waals surface area contributed by atoms with Crippen LogP contribution in [0.2, 0.25) is 0 Å². The van der Waals surface area contributed by atoms with Gasteiger partial charge in [-0.25, -0.2) is 0 Å². The highest BCUT2D eigenvalue weighted by Crippen LogP contribution is 2.28. The number of rotatable bonds is 3. The summed E-state index contributed by atoms with van der Waals surface area (Å²) in [5, 5.41) is 9.42. The molecule has 0 aromatic rings. The minimum atomic E-state index is -0.491. The highest BCUT2D eigenvalue weighted by atomic mass is 16.3. The normalized spacial score (nSPS) is 21.9. The van der Waals surface area contributed by atoms with Gasteiger partial charge in [0.05, 0.1) is 12.5 Å². The molecular weight excluding hydrogens is 142 g/mol. The molecule has 1 atom stereocenters. The Balaban J connectivity index is 2.28. The molecule has 3 nitrogen and oxygen atoms in total. The number of nitrogens with two attached hydrogens (primary N) is 1. The van der Waals surface area contributed by atoms with Gasteiger partial charge in [-0.2, -0.15) is 0 Å². The first-order valence-corrected chi connectivity index (χ1v) is 4.16. The molecule has 0 saturated heterocycles. The van der Waals surface area contributed by atoms with Crippen LogP contribution in [0.15, 0.2) is 0 Å². The minimum Gasteiger partial charge on any atom is -0.392 e. The van der Waals surface area contributed by atoms with Crippen LogP contribution in [0.5, 0.6) is 0 Å². The van der Waals surface area contributed by atoms with E-state index in [4.69, 9.17) is 5.73 Å². The van der Waals surface area contributed by atoms with Gasteiger partial charge < -0.3 is 10.8 Å². The van der Waals surface area contributed by atoms with Gasteiger partial charge >= 0.3 is 0 Å². The Morgan fingerprint density at radius 3 is 2.55 bits per heavy atom. The molecule has 3 N–H and O–H groups in total. The van der Waals surface area contributed by atoms with E-state index in [0.717, 1.165) is 12.8 Å². The number of hydrogen-bond donors (Lipinski definition) is 2. The molecule has 64 valence electrons. The summed E-state index contributed by atoms with van der Waals surface area (Å²) >= 11 is 0. The monoisotopic (exact) mass is 157 g/mol. The van der Waals surface area contributed by atoms with Gasteiger partial charge in [-0.3, -0.25) is 4.79 Å². The molecule has 0 aliphatic heterocycles. The molecule has 0 heterocycles. The first kappa shape index (κ1) is 8.53. The number of amides is 1. The van der Waals surface area contributed by atoms with E-state index in [9.17, 15) is 9.90 Å². The number of carbonyl (C=O) groups excluding carboxylic acids is 1. The van der Waals surface area contributed by atoms with Gasteiger partial charge in [0.15, 0.2) is 0 Å². The zero-order valence-corrected chi connectivity index (χ0v) is 6.62. The summed E-state index contributed by atoms with van der Waals surface area (Å²) < 4.78 is 0. The van der Waals surface area contributed by atoms with Crippen LogP contribution in [0.1, 0.15) is 32.1 Å². The molecule has 11 heavy (non-hydrogen) atoms. The van der Waals surface area contributed by atoms with Crippen molar-refractivity contribution < 1.29 is 9.90 Å².